The van der Waals surface area contributed by atoms with E-state index in [1.54, 1.807) is 0 Å². The predicted molar refractivity (Wildman–Crippen MR) is 324 cm³/mol. The van der Waals surface area contributed by atoms with E-state index < -0.39 is 0 Å². The monoisotopic (exact) mass is 1060 g/mol. The summed E-state index contributed by atoms with van der Waals surface area (Å²) in [4.78, 5) is 28.0. The minimum Gasteiger partial charge on any atom is -0.254 e. The van der Waals surface area contributed by atoms with Crippen LogP contribution in [0, 0.1) is 0 Å². The van der Waals surface area contributed by atoms with Crippen molar-refractivity contribution in [2.75, 3.05) is 0 Å². The van der Waals surface area contributed by atoms with Gasteiger partial charge in [0.15, 0.2) is 0 Å². The zero-order chi connectivity index (χ0) is 52.0. The Morgan fingerprint density at radius 1 is 0.152 bits per heavy atom. The zero-order valence-electron chi connectivity index (χ0n) is 42.7. The summed E-state index contributed by atoms with van der Waals surface area (Å²) < 4.78 is 0. The Morgan fingerprint density at radius 2 is 0.291 bits per heavy atom. The molecule has 9 aromatic carbocycles. The quantitative estimate of drug-likeness (QED) is 0.154. The minimum absolute atomic E-state index is 0. The van der Waals surface area contributed by atoms with Gasteiger partial charge >= 0.3 is 16.8 Å². The number of pyridine rings is 6. The summed E-state index contributed by atoms with van der Waals surface area (Å²) in [5.74, 6) is 0. The average Bonchev–Trinajstić information content (AvgIpc) is 3.63. The predicted octanol–water partition coefficient (Wildman–Crippen LogP) is 18.3. The Hall–Kier alpha value is -10.1. The van der Waals surface area contributed by atoms with Gasteiger partial charge in [0.2, 0.25) is 0 Å². The molecule has 0 bridgehead atoms. The van der Waals surface area contributed by atoms with Crippen molar-refractivity contribution in [1.82, 2.24) is 29.9 Å². The summed E-state index contributed by atoms with van der Waals surface area (Å²) >= 11 is 0. The van der Waals surface area contributed by atoms with Crippen molar-refractivity contribution in [3.8, 4) is 66.8 Å². The van der Waals surface area contributed by atoms with Gasteiger partial charge in [-0.1, -0.05) is 218 Å². The van der Waals surface area contributed by atoms with Gasteiger partial charge in [-0.2, -0.15) is 0 Å². The molecule has 6 nitrogen and oxygen atoms in total. The van der Waals surface area contributed by atoms with Crippen LogP contribution in [0.2, 0.25) is 0 Å². The third-order valence-electron chi connectivity index (χ3n) is 14.4. The molecule has 0 saturated carbocycles. The molecule has 0 aliphatic rings. The number of rotatable bonds is 6. The van der Waals surface area contributed by atoms with Gasteiger partial charge in [0.25, 0.3) is 0 Å². The van der Waals surface area contributed by atoms with Crippen LogP contribution < -0.4 is 0 Å². The van der Waals surface area contributed by atoms with Crippen LogP contribution in [0.5, 0.6) is 0 Å². The van der Waals surface area contributed by atoms with E-state index in [2.05, 4.69) is 248 Å². The molecule has 0 aliphatic carbocycles. The summed E-state index contributed by atoms with van der Waals surface area (Å²) in [5.41, 5.74) is 19.9. The molecule has 0 atom stereocenters. The van der Waals surface area contributed by atoms with Crippen LogP contribution in [0.15, 0.2) is 292 Å². The third kappa shape index (κ3) is 9.88. The molecule has 0 N–H and O–H groups in total. The topological polar surface area (TPSA) is 77.3 Å². The average molecular weight is 1060 g/mol. The molecule has 15 rings (SSSR count). The number of benzene rings is 9. The number of hydrogen-bond acceptors (Lipinski definition) is 6. The SMILES string of the molecule is [Co+3].c1ccc(-c2ccnc3c2ccc2c(-c4ccccc4)ccnc23)cc1.c1ccc(-c2ccnc3c2ccc2c(-c4ccccc4)ccnc23)cc1.c1ccc(-c2ccnc3c2ccc2c(-c4ccccc4)ccnc23)cc1. The summed E-state index contributed by atoms with van der Waals surface area (Å²) in [6.07, 6.45) is 11.3. The Bertz CT molecular complexity index is 3820. The molecule has 0 saturated heterocycles. The van der Waals surface area contributed by atoms with E-state index in [1.807, 2.05) is 73.6 Å². The van der Waals surface area contributed by atoms with E-state index in [-0.39, 0.29) is 16.8 Å². The fraction of sp³-hybridized carbons (Fsp3) is 0. The van der Waals surface area contributed by atoms with Crippen molar-refractivity contribution in [2.24, 2.45) is 0 Å². The van der Waals surface area contributed by atoms with Crippen molar-refractivity contribution in [3.05, 3.63) is 292 Å². The standard InChI is InChI=1S/3C24H16N2.Co/c3*1-3-7-17(8-4-1)19-13-15-25-23-21(19)11-12-22-20(14-16-26-24(22)23)18-9-5-2-6-10-18;/h3*1-16H;/q;;;+3. The van der Waals surface area contributed by atoms with Crippen LogP contribution in [0.1, 0.15) is 0 Å². The first kappa shape index (κ1) is 49.8. The normalized spacial score (nSPS) is 10.9. The van der Waals surface area contributed by atoms with E-state index in [1.165, 1.54) is 66.8 Å². The van der Waals surface area contributed by atoms with Gasteiger partial charge in [0, 0.05) is 69.5 Å². The van der Waals surface area contributed by atoms with Gasteiger partial charge in [-0.15, -0.1) is 0 Å². The number of nitrogens with zero attached hydrogens (tertiary/aromatic N) is 6. The van der Waals surface area contributed by atoms with E-state index in [0.717, 1.165) is 65.4 Å². The van der Waals surface area contributed by atoms with Crippen LogP contribution in [-0.2, 0) is 16.8 Å². The molecule has 0 fully saturated rings. The second kappa shape index (κ2) is 22.7. The first-order valence-electron chi connectivity index (χ1n) is 26.1. The fourth-order valence-corrected chi connectivity index (χ4v) is 10.7. The Kier molecular flexibility index (Phi) is 14.3. The minimum atomic E-state index is 0. The van der Waals surface area contributed by atoms with Crippen molar-refractivity contribution in [3.63, 3.8) is 0 Å². The maximum absolute atomic E-state index is 4.67. The maximum Gasteiger partial charge on any atom is 3.00 e. The van der Waals surface area contributed by atoms with Crippen LogP contribution in [0.3, 0.4) is 0 Å². The molecule has 7 heteroatoms. The van der Waals surface area contributed by atoms with Crippen molar-refractivity contribution < 1.29 is 16.8 Å². The van der Waals surface area contributed by atoms with Crippen LogP contribution in [0.4, 0.5) is 0 Å². The number of aromatic nitrogens is 6. The Morgan fingerprint density at radius 3 is 0.430 bits per heavy atom. The van der Waals surface area contributed by atoms with Gasteiger partial charge in [0.05, 0.1) is 33.1 Å². The van der Waals surface area contributed by atoms with Crippen LogP contribution in [0.25, 0.3) is 132 Å². The van der Waals surface area contributed by atoms with Gasteiger partial charge < -0.3 is 0 Å². The number of hydrogen-bond donors (Lipinski definition) is 0. The zero-order valence-corrected chi connectivity index (χ0v) is 43.8. The smallest absolute Gasteiger partial charge is 0.254 e. The molecule has 372 valence electrons. The molecule has 0 unspecified atom stereocenters. The van der Waals surface area contributed by atoms with E-state index in [9.17, 15) is 0 Å². The van der Waals surface area contributed by atoms with Gasteiger partial charge in [-0.25, -0.2) is 0 Å². The molecule has 79 heavy (non-hydrogen) atoms. The Labute approximate surface area is 468 Å². The van der Waals surface area contributed by atoms with E-state index >= 15 is 0 Å². The molecule has 6 aromatic heterocycles. The van der Waals surface area contributed by atoms with Crippen molar-refractivity contribution in [2.45, 2.75) is 0 Å². The largest absolute Gasteiger partial charge is 3.00 e. The third-order valence-corrected chi connectivity index (χ3v) is 14.4. The maximum atomic E-state index is 4.67. The first-order chi connectivity index (χ1) is 38.7. The first-order valence-corrected chi connectivity index (χ1v) is 26.1. The van der Waals surface area contributed by atoms with Crippen molar-refractivity contribution >= 4 is 65.4 Å². The number of fused-ring (bicyclic) bond motifs is 9. The van der Waals surface area contributed by atoms with Gasteiger partial charge in [-0.05, 0) is 103 Å². The molecule has 0 aliphatic heterocycles. The van der Waals surface area contributed by atoms with E-state index in [4.69, 9.17) is 0 Å². The summed E-state index contributed by atoms with van der Waals surface area (Å²) in [6, 6.07) is 88.0. The molecular formula is C72H48CoN6+3. The van der Waals surface area contributed by atoms with Crippen LogP contribution in [-0.4, -0.2) is 29.9 Å². The van der Waals surface area contributed by atoms with E-state index in [0.29, 0.717) is 0 Å². The Balaban J connectivity index is 0.000000118. The summed E-state index contributed by atoms with van der Waals surface area (Å²) in [5, 5.41) is 6.77. The molecule has 0 spiro atoms. The molecular weight excluding hydrogens is 1010 g/mol. The summed E-state index contributed by atoms with van der Waals surface area (Å²) in [7, 11) is 0. The second-order valence-electron chi connectivity index (χ2n) is 18.9. The fourth-order valence-electron chi connectivity index (χ4n) is 10.7. The molecule has 6 heterocycles. The second-order valence-corrected chi connectivity index (χ2v) is 18.9. The molecule has 15 aromatic rings. The molecule has 0 amide bonds. The van der Waals surface area contributed by atoms with Gasteiger partial charge in [-0.3, -0.25) is 29.9 Å². The van der Waals surface area contributed by atoms with Crippen LogP contribution >= 0.6 is 0 Å². The molecule has 0 radical (unpaired) electrons. The van der Waals surface area contributed by atoms with Gasteiger partial charge in [0.1, 0.15) is 0 Å². The summed E-state index contributed by atoms with van der Waals surface area (Å²) in [6.45, 7) is 0. The van der Waals surface area contributed by atoms with Crippen molar-refractivity contribution in [1.29, 1.82) is 0 Å².